The van der Waals surface area contributed by atoms with Crippen LogP contribution in [0.2, 0.25) is 0 Å². The molecule has 22 heavy (non-hydrogen) atoms. The lowest BCUT2D eigenvalue weighted by Gasteiger charge is -2.11. The zero-order valence-electron chi connectivity index (χ0n) is 12.3. The highest BCUT2D eigenvalue weighted by Crippen LogP contribution is 2.10. The fourth-order valence-electron chi connectivity index (χ4n) is 1.65. The maximum atomic E-state index is 11.9. The van der Waals surface area contributed by atoms with E-state index < -0.39 is 18.0 Å². The summed E-state index contributed by atoms with van der Waals surface area (Å²) >= 11 is 0. The van der Waals surface area contributed by atoms with Crippen molar-refractivity contribution in [1.82, 2.24) is 10.1 Å². The van der Waals surface area contributed by atoms with Crippen LogP contribution in [0.1, 0.15) is 40.5 Å². The van der Waals surface area contributed by atoms with Gasteiger partial charge in [-0.05, 0) is 26.8 Å². The van der Waals surface area contributed by atoms with Crippen molar-refractivity contribution in [3.63, 3.8) is 0 Å². The van der Waals surface area contributed by atoms with Crippen LogP contribution in [0.3, 0.4) is 0 Å². The van der Waals surface area contributed by atoms with Gasteiger partial charge in [0.1, 0.15) is 11.5 Å². The number of rotatable bonds is 5. The highest BCUT2D eigenvalue weighted by atomic mass is 16.5. The summed E-state index contributed by atoms with van der Waals surface area (Å²) in [7, 11) is 0. The Hall–Kier alpha value is -2.90. The van der Waals surface area contributed by atoms with E-state index >= 15 is 0 Å². The molecule has 2 rings (SSSR count). The van der Waals surface area contributed by atoms with Crippen LogP contribution in [0.4, 0.5) is 5.82 Å². The minimum atomic E-state index is -1.03. The topological polar surface area (TPSA) is 114 Å². The van der Waals surface area contributed by atoms with E-state index in [4.69, 9.17) is 9.26 Å². The number of ketones is 1. The average Bonchev–Trinajstić information content (AvgIpc) is 3.07. The largest absolute Gasteiger partial charge is 0.448 e. The minimum Gasteiger partial charge on any atom is -0.448 e. The van der Waals surface area contributed by atoms with E-state index in [0.717, 1.165) is 0 Å². The van der Waals surface area contributed by atoms with E-state index in [1.54, 1.807) is 6.92 Å². The molecule has 1 atom stereocenters. The normalized spacial score (nSPS) is 11.8. The summed E-state index contributed by atoms with van der Waals surface area (Å²) in [5, 5.41) is 6.06. The van der Waals surface area contributed by atoms with Gasteiger partial charge in [-0.2, -0.15) is 0 Å². The number of H-pyrrole nitrogens is 1. The van der Waals surface area contributed by atoms with Crippen molar-refractivity contribution in [1.29, 1.82) is 0 Å². The van der Waals surface area contributed by atoms with E-state index in [1.807, 2.05) is 0 Å². The Labute approximate surface area is 125 Å². The zero-order valence-corrected chi connectivity index (χ0v) is 12.3. The molecule has 2 aromatic heterocycles. The summed E-state index contributed by atoms with van der Waals surface area (Å²) in [6.07, 6.45) is 0.371. The predicted molar refractivity (Wildman–Crippen MR) is 75.5 cm³/mol. The Morgan fingerprint density at radius 2 is 2.09 bits per heavy atom. The molecule has 0 saturated carbocycles. The van der Waals surface area contributed by atoms with Crippen LogP contribution >= 0.6 is 0 Å². The molecule has 0 saturated heterocycles. The number of nitrogens with one attached hydrogen (secondary N) is 2. The molecule has 2 heterocycles. The number of aromatic nitrogens is 2. The van der Waals surface area contributed by atoms with Gasteiger partial charge in [-0.25, -0.2) is 4.79 Å². The Bertz CT molecular complexity index is 716. The fraction of sp³-hybridized carbons (Fsp3) is 0.286. The van der Waals surface area contributed by atoms with Crippen LogP contribution < -0.4 is 5.32 Å². The molecular formula is C14H15N3O5. The number of amides is 1. The van der Waals surface area contributed by atoms with E-state index in [0.29, 0.717) is 11.3 Å². The second-order valence-electron chi connectivity index (χ2n) is 4.72. The van der Waals surface area contributed by atoms with Gasteiger partial charge in [0.2, 0.25) is 0 Å². The lowest BCUT2D eigenvalue weighted by atomic mass is 10.2. The molecule has 0 bridgehead atoms. The molecule has 0 aliphatic carbocycles. The van der Waals surface area contributed by atoms with Gasteiger partial charge < -0.3 is 19.6 Å². The molecule has 8 nitrogen and oxygen atoms in total. The van der Waals surface area contributed by atoms with Gasteiger partial charge in [0, 0.05) is 17.8 Å². The van der Waals surface area contributed by atoms with Crippen molar-refractivity contribution in [3.8, 4) is 0 Å². The SMILES string of the molecule is CC(=O)c1c[nH]c(C(=O)OC(C)C(=O)Nc2cc(C)on2)c1. The number of aromatic amines is 1. The van der Waals surface area contributed by atoms with Crippen molar-refractivity contribution in [2.75, 3.05) is 5.32 Å². The number of hydrogen-bond acceptors (Lipinski definition) is 6. The first-order valence-electron chi connectivity index (χ1n) is 6.51. The molecule has 0 aromatic carbocycles. The van der Waals surface area contributed by atoms with Gasteiger partial charge in [0.15, 0.2) is 17.7 Å². The quantitative estimate of drug-likeness (QED) is 0.642. The molecule has 0 aliphatic rings. The van der Waals surface area contributed by atoms with E-state index in [1.165, 1.54) is 32.2 Å². The fourth-order valence-corrected chi connectivity index (χ4v) is 1.65. The van der Waals surface area contributed by atoms with Crippen LogP contribution in [0.25, 0.3) is 0 Å². The number of esters is 1. The Morgan fingerprint density at radius 3 is 2.64 bits per heavy atom. The van der Waals surface area contributed by atoms with Crippen molar-refractivity contribution in [2.45, 2.75) is 26.9 Å². The molecule has 2 N–H and O–H groups in total. The van der Waals surface area contributed by atoms with Crippen LogP contribution in [0.15, 0.2) is 22.9 Å². The first-order valence-corrected chi connectivity index (χ1v) is 6.51. The van der Waals surface area contributed by atoms with Crippen LogP contribution in [0, 0.1) is 6.92 Å². The molecule has 0 radical (unpaired) electrons. The number of carbonyl (C=O) groups excluding carboxylic acids is 3. The lowest BCUT2D eigenvalue weighted by molar-refractivity contribution is -0.123. The summed E-state index contributed by atoms with van der Waals surface area (Å²) in [6.45, 7) is 4.49. The second kappa shape index (κ2) is 6.25. The van der Waals surface area contributed by atoms with Gasteiger partial charge in [-0.15, -0.1) is 0 Å². The average molecular weight is 305 g/mol. The third kappa shape index (κ3) is 3.60. The van der Waals surface area contributed by atoms with Crippen LogP contribution in [-0.2, 0) is 9.53 Å². The zero-order chi connectivity index (χ0) is 16.3. The summed E-state index contributed by atoms with van der Waals surface area (Å²) < 4.78 is 9.83. The number of carbonyl (C=O) groups is 3. The molecule has 1 unspecified atom stereocenters. The predicted octanol–water partition coefficient (Wildman–Crippen LogP) is 1.70. The molecule has 0 spiro atoms. The summed E-state index contributed by atoms with van der Waals surface area (Å²) in [4.78, 5) is 37.5. The third-order valence-electron chi connectivity index (χ3n) is 2.84. The Kier molecular flexibility index (Phi) is 4.40. The van der Waals surface area contributed by atoms with Crippen LogP contribution in [-0.4, -0.2) is 33.9 Å². The second-order valence-corrected chi connectivity index (χ2v) is 4.72. The number of anilines is 1. The molecule has 1 amide bonds. The van der Waals surface area contributed by atoms with Gasteiger partial charge in [-0.3, -0.25) is 9.59 Å². The van der Waals surface area contributed by atoms with Crippen molar-refractivity contribution in [3.05, 3.63) is 35.3 Å². The number of hydrogen-bond donors (Lipinski definition) is 2. The van der Waals surface area contributed by atoms with Crippen molar-refractivity contribution < 1.29 is 23.6 Å². The van der Waals surface area contributed by atoms with Crippen molar-refractivity contribution >= 4 is 23.5 Å². The number of ether oxygens (including phenoxy) is 1. The summed E-state index contributed by atoms with van der Waals surface area (Å²) in [5.74, 6) is -0.666. The van der Waals surface area contributed by atoms with Gasteiger partial charge in [0.25, 0.3) is 5.91 Å². The third-order valence-corrected chi connectivity index (χ3v) is 2.84. The Morgan fingerprint density at radius 1 is 1.36 bits per heavy atom. The van der Waals surface area contributed by atoms with E-state index in [2.05, 4.69) is 15.5 Å². The summed E-state index contributed by atoms with van der Waals surface area (Å²) in [5.41, 5.74) is 0.462. The van der Waals surface area contributed by atoms with Crippen molar-refractivity contribution in [2.24, 2.45) is 0 Å². The Balaban J connectivity index is 1.95. The maximum absolute atomic E-state index is 11.9. The highest BCUT2D eigenvalue weighted by Gasteiger charge is 2.21. The lowest BCUT2D eigenvalue weighted by Crippen LogP contribution is -2.30. The number of aryl methyl sites for hydroxylation is 1. The van der Waals surface area contributed by atoms with Gasteiger partial charge in [0.05, 0.1) is 0 Å². The molecule has 116 valence electrons. The summed E-state index contributed by atoms with van der Waals surface area (Å²) in [6, 6.07) is 2.91. The van der Waals surface area contributed by atoms with E-state index in [-0.39, 0.29) is 17.3 Å². The first kappa shape index (κ1) is 15.5. The number of Topliss-reactive ketones (excluding diaryl/α,β-unsaturated/α-hetero) is 1. The monoisotopic (exact) mass is 305 g/mol. The first-order chi connectivity index (χ1) is 10.4. The molecular weight excluding hydrogens is 290 g/mol. The molecule has 0 aliphatic heterocycles. The maximum Gasteiger partial charge on any atom is 0.355 e. The number of nitrogens with zero attached hydrogens (tertiary/aromatic N) is 1. The minimum absolute atomic E-state index is 0.0992. The van der Waals surface area contributed by atoms with Crippen LogP contribution in [0.5, 0.6) is 0 Å². The smallest absolute Gasteiger partial charge is 0.355 e. The molecule has 2 aromatic rings. The molecule has 8 heteroatoms. The van der Waals surface area contributed by atoms with Gasteiger partial charge in [-0.1, -0.05) is 5.16 Å². The van der Waals surface area contributed by atoms with E-state index in [9.17, 15) is 14.4 Å². The van der Waals surface area contributed by atoms with Gasteiger partial charge >= 0.3 is 5.97 Å². The molecule has 0 fully saturated rings. The highest BCUT2D eigenvalue weighted by molar-refractivity contribution is 5.99. The standard InChI is InChI=1S/C14H15N3O5/c1-7-4-12(17-22-7)16-13(19)9(3)21-14(20)11-5-10(6-15-11)8(2)18/h4-6,9,15H,1-3H3,(H,16,17,19).